The van der Waals surface area contributed by atoms with Crippen LogP contribution >= 0.6 is 11.8 Å². The van der Waals surface area contributed by atoms with Gasteiger partial charge < -0.3 is 10.2 Å². The van der Waals surface area contributed by atoms with E-state index in [-0.39, 0.29) is 18.0 Å². The van der Waals surface area contributed by atoms with E-state index in [1.165, 1.54) is 5.56 Å². The standard InChI is InChI=1S/C15H23N3OS/c1-12(17-15(19)14-10-20-11-16-14)8-18(2)9-13-6-4-3-5-7-13/h3-7,12,14,16H,8-11H2,1-2H3,(H,17,19). The fourth-order valence-electron chi connectivity index (χ4n) is 2.38. The summed E-state index contributed by atoms with van der Waals surface area (Å²) in [6, 6.07) is 10.5. The molecule has 110 valence electrons. The summed E-state index contributed by atoms with van der Waals surface area (Å²) in [5.74, 6) is 1.87. The zero-order valence-electron chi connectivity index (χ0n) is 12.1. The summed E-state index contributed by atoms with van der Waals surface area (Å²) in [7, 11) is 2.08. The maximum Gasteiger partial charge on any atom is 0.238 e. The van der Waals surface area contributed by atoms with Gasteiger partial charge in [-0.05, 0) is 19.5 Å². The minimum Gasteiger partial charge on any atom is -0.351 e. The molecule has 2 rings (SSSR count). The van der Waals surface area contributed by atoms with E-state index in [9.17, 15) is 4.79 Å². The van der Waals surface area contributed by atoms with Crippen LogP contribution in [0.25, 0.3) is 0 Å². The van der Waals surface area contributed by atoms with Crippen LogP contribution in [-0.4, -0.2) is 48.1 Å². The molecule has 0 saturated carbocycles. The van der Waals surface area contributed by atoms with E-state index >= 15 is 0 Å². The largest absolute Gasteiger partial charge is 0.351 e. The molecule has 0 aliphatic carbocycles. The molecule has 1 aromatic rings. The molecule has 1 fully saturated rings. The number of carbonyl (C=O) groups excluding carboxylic acids is 1. The van der Waals surface area contributed by atoms with Gasteiger partial charge in [-0.15, -0.1) is 11.8 Å². The quantitative estimate of drug-likeness (QED) is 0.829. The Morgan fingerprint density at radius 1 is 1.50 bits per heavy atom. The van der Waals surface area contributed by atoms with Crippen molar-refractivity contribution in [3.8, 4) is 0 Å². The SMILES string of the molecule is CC(CN(C)Cc1ccccc1)NC(=O)C1CSCN1. The van der Waals surface area contributed by atoms with Crippen LogP contribution in [0.15, 0.2) is 30.3 Å². The van der Waals surface area contributed by atoms with Gasteiger partial charge in [0, 0.05) is 30.8 Å². The molecule has 0 aromatic heterocycles. The second-order valence-electron chi connectivity index (χ2n) is 5.36. The van der Waals surface area contributed by atoms with Crippen molar-refractivity contribution in [2.24, 2.45) is 0 Å². The molecule has 0 radical (unpaired) electrons. The molecule has 0 spiro atoms. The third-order valence-electron chi connectivity index (χ3n) is 3.30. The van der Waals surface area contributed by atoms with E-state index in [2.05, 4.69) is 53.8 Å². The molecule has 5 heteroatoms. The molecular weight excluding hydrogens is 270 g/mol. The van der Waals surface area contributed by atoms with E-state index in [1.807, 2.05) is 6.07 Å². The zero-order chi connectivity index (χ0) is 14.4. The fraction of sp³-hybridized carbons (Fsp3) is 0.533. The van der Waals surface area contributed by atoms with E-state index < -0.39 is 0 Å². The van der Waals surface area contributed by atoms with Crippen molar-refractivity contribution in [3.63, 3.8) is 0 Å². The van der Waals surface area contributed by atoms with Crippen molar-refractivity contribution in [3.05, 3.63) is 35.9 Å². The van der Waals surface area contributed by atoms with Gasteiger partial charge in [-0.1, -0.05) is 30.3 Å². The normalized spacial score (nSPS) is 20.1. The van der Waals surface area contributed by atoms with Crippen LogP contribution in [0.4, 0.5) is 0 Å². The molecule has 1 heterocycles. The van der Waals surface area contributed by atoms with Gasteiger partial charge in [-0.3, -0.25) is 10.1 Å². The minimum absolute atomic E-state index is 0.0260. The maximum atomic E-state index is 12.0. The number of hydrogen-bond donors (Lipinski definition) is 2. The van der Waals surface area contributed by atoms with Crippen LogP contribution < -0.4 is 10.6 Å². The predicted molar refractivity (Wildman–Crippen MR) is 84.6 cm³/mol. The Hall–Kier alpha value is -1.04. The van der Waals surface area contributed by atoms with E-state index in [1.54, 1.807) is 11.8 Å². The molecule has 1 amide bonds. The van der Waals surface area contributed by atoms with Crippen molar-refractivity contribution in [2.75, 3.05) is 25.2 Å². The summed E-state index contributed by atoms with van der Waals surface area (Å²) >= 11 is 1.77. The number of carbonyl (C=O) groups is 1. The first-order valence-corrected chi connectivity index (χ1v) is 8.14. The average Bonchev–Trinajstić information content (AvgIpc) is 2.93. The highest BCUT2D eigenvalue weighted by Gasteiger charge is 2.23. The first-order valence-electron chi connectivity index (χ1n) is 6.99. The van der Waals surface area contributed by atoms with Gasteiger partial charge in [0.2, 0.25) is 5.91 Å². The van der Waals surface area contributed by atoms with Gasteiger partial charge in [0.1, 0.15) is 0 Å². The van der Waals surface area contributed by atoms with Crippen LogP contribution in [0.1, 0.15) is 12.5 Å². The Morgan fingerprint density at radius 2 is 2.25 bits per heavy atom. The molecule has 20 heavy (non-hydrogen) atoms. The summed E-state index contributed by atoms with van der Waals surface area (Å²) < 4.78 is 0. The van der Waals surface area contributed by atoms with E-state index in [4.69, 9.17) is 0 Å². The monoisotopic (exact) mass is 293 g/mol. The lowest BCUT2D eigenvalue weighted by Gasteiger charge is -2.23. The number of likely N-dealkylation sites (N-methyl/N-ethyl adjacent to an activating group) is 1. The number of hydrogen-bond acceptors (Lipinski definition) is 4. The molecule has 1 aromatic carbocycles. The summed E-state index contributed by atoms with van der Waals surface area (Å²) in [4.78, 5) is 14.2. The van der Waals surface area contributed by atoms with Gasteiger partial charge in [0.25, 0.3) is 0 Å². The minimum atomic E-state index is -0.0260. The molecular formula is C15H23N3OS. The summed E-state index contributed by atoms with van der Waals surface area (Å²) in [5.41, 5.74) is 1.29. The Morgan fingerprint density at radius 3 is 2.90 bits per heavy atom. The van der Waals surface area contributed by atoms with Crippen molar-refractivity contribution in [1.82, 2.24) is 15.5 Å². The Kier molecular flexibility index (Phi) is 5.88. The summed E-state index contributed by atoms with van der Waals surface area (Å²) in [5, 5.41) is 6.27. The first-order chi connectivity index (χ1) is 9.65. The highest BCUT2D eigenvalue weighted by molar-refractivity contribution is 7.99. The predicted octanol–water partition coefficient (Wildman–Crippen LogP) is 1.29. The Labute approximate surface area is 125 Å². The maximum absolute atomic E-state index is 12.0. The Balaban J connectivity index is 1.73. The van der Waals surface area contributed by atoms with E-state index in [0.717, 1.165) is 24.7 Å². The van der Waals surface area contributed by atoms with Crippen molar-refractivity contribution in [2.45, 2.75) is 25.6 Å². The molecule has 2 unspecified atom stereocenters. The average molecular weight is 293 g/mol. The van der Waals surface area contributed by atoms with Gasteiger partial charge in [-0.25, -0.2) is 0 Å². The highest BCUT2D eigenvalue weighted by Crippen LogP contribution is 2.09. The molecule has 1 saturated heterocycles. The topological polar surface area (TPSA) is 44.4 Å². The zero-order valence-corrected chi connectivity index (χ0v) is 13.0. The number of thioether (sulfide) groups is 1. The molecule has 2 atom stereocenters. The van der Waals surface area contributed by atoms with Gasteiger partial charge in [0.05, 0.1) is 6.04 Å². The van der Waals surface area contributed by atoms with Crippen molar-refractivity contribution >= 4 is 17.7 Å². The molecule has 0 bridgehead atoms. The molecule has 4 nitrogen and oxygen atoms in total. The summed E-state index contributed by atoms with van der Waals surface area (Å²) in [6.07, 6.45) is 0. The molecule has 1 aliphatic rings. The van der Waals surface area contributed by atoms with Crippen LogP contribution in [0.5, 0.6) is 0 Å². The first kappa shape index (κ1) is 15.4. The Bertz CT molecular complexity index is 420. The number of nitrogens with zero attached hydrogens (tertiary/aromatic N) is 1. The third-order valence-corrected chi connectivity index (χ3v) is 4.24. The lowest BCUT2D eigenvalue weighted by molar-refractivity contribution is -0.123. The van der Waals surface area contributed by atoms with E-state index in [0.29, 0.717) is 0 Å². The number of rotatable bonds is 6. The fourth-order valence-corrected chi connectivity index (χ4v) is 3.32. The number of nitrogens with one attached hydrogen (secondary N) is 2. The number of amides is 1. The lowest BCUT2D eigenvalue weighted by Crippen LogP contribution is -2.48. The van der Waals surface area contributed by atoms with Crippen LogP contribution in [0.3, 0.4) is 0 Å². The summed E-state index contributed by atoms with van der Waals surface area (Å²) in [6.45, 7) is 3.81. The van der Waals surface area contributed by atoms with Crippen molar-refractivity contribution < 1.29 is 4.79 Å². The highest BCUT2D eigenvalue weighted by atomic mass is 32.2. The van der Waals surface area contributed by atoms with Gasteiger partial charge >= 0.3 is 0 Å². The second-order valence-corrected chi connectivity index (χ2v) is 6.39. The second kappa shape index (κ2) is 7.67. The van der Waals surface area contributed by atoms with Crippen molar-refractivity contribution in [1.29, 1.82) is 0 Å². The van der Waals surface area contributed by atoms with Gasteiger partial charge in [0.15, 0.2) is 0 Å². The van der Waals surface area contributed by atoms with Crippen LogP contribution in [0.2, 0.25) is 0 Å². The number of benzene rings is 1. The van der Waals surface area contributed by atoms with Gasteiger partial charge in [-0.2, -0.15) is 0 Å². The molecule has 1 aliphatic heterocycles. The van der Waals surface area contributed by atoms with Crippen LogP contribution in [0, 0.1) is 0 Å². The molecule has 2 N–H and O–H groups in total. The van der Waals surface area contributed by atoms with Crippen LogP contribution in [-0.2, 0) is 11.3 Å². The smallest absolute Gasteiger partial charge is 0.238 e. The lowest BCUT2D eigenvalue weighted by atomic mass is 10.2. The third kappa shape index (κ3) is 4.81.